The molecule has 4 N–H and O–H groups in total. The zero-order chi connectivity index (χ0) is 49.5. The molecule has 2 saturated heterocycles. The number of hydrogen-bond acceptors (Lipinski definition) is 12. The number of aromatic amines is 1. The van der Waals surface area contributed by atoms with Crippen LogP contribution in [0.2, 0.25) is 5.02 Å². The second-order valence-corrected chi connectivity index (χ2v) is 26.8. The number of rotatable bonds is 14. The maximum Gasteiger partial charge on any atom is 0.501 e. The zero-order valence-corrected chi connectivity index (χ0v) is 42.1. The number of nitrogens with one attached hydrogen (secondary N) is 3. The molecule has 0 spiro atoms. The Morgan fingerprint density at radius 2 is 1.67 bits per heavy atom. The number of anilines is 2. The number of hydrogen-bond donors (Lipinski definition) is 4. The van der Waals surface area contributed by atoms with Gasteiger partial charge in [-0.2, -0.15) is 13.2 Å². The molecule has 0 unspecified atom stereocenters. The van der Waals surface area contributed by atoms with E-state index in [1.54, 1.807) is 37.4 Å². The molecule has 0 saturated carbocycles. The number of pyridine rings is 1. The molecule has 21 heteroatoms. The van der Waals surface area contributed by atoms with Crippen LogP contribution in [0.4, 0.5) is 24.5 Å². The molecule has 1 aliphatic carbocycles. The van der Waals surface area contributed by atoms with Crippen molar-refractivity contribution in [2.24, 2.45) is 5.41 Å². The number of halogens is 4. The van der Waals surface area contributed by atoms with Crippen molar-refractivity contribution in [1.29, 1.82) is 0 Å². The van der Waals surface area contributed by atoms with Crippen LogP contribution in [-0.4, -0.2) is 130 Å². The lowest BCUT2D eigenvalue weighted by atomic mass is 9.72. The van der Waals surface area contributed by atoms with E-state index in [0.717, 1.165) is 51.0 Å². The number of amides is 1. The van der Waals surface area contributed by atoms with E-state index in [4.69, 9.17) is 16.3 Å². The molecule has 2 aliphatic heterocycles. The Morgan fingerprint density at radius 1 is 0.957 bits per heavy atom. The third kappa shape index (κ3) is 11.9. The molecule has 0 bridgehead atoms. The molecule has 4 heterocycles. The van der Waals surface area contributed by atoms with E-state index in [1.807, 2.05) is 28.4 Å². The summed E-state index contributed by atoms with van der Waals surface area (Å²) in [5.74, 6) is -0.944. The first-order valence-corrected chi connectivity index (χ1v) is 28.6. The van der Waals surface area contributed by atoms with E-state index in [9.17, 15) is 39.7 Å². The van der Waals surface area contributed by atoms with E-state index < -0.39 is 60.3 Å². The van der Waals surface area contributed by atoms with Crippen molar-refractivity contribution in [1.82, 2.24) is 24.5 Å². The van der Waals surface area contributed by atoms with Crippen molar-refractivity contribution in [3.63, 3.8) is 0 Å². The molecule has 69 heavy (non-hydrogen) atoms. The topological polar surface area (TPSA) is 177 Å². The summed E-state index contributed by atoms with van der Waals surface area (Å²) >= 11 is 6.24. The average Bonchev–Trinajstić information content (AvgIpc) is 3.76. The van der Waals surface area contributed by atoms with Crippen molar-refractivity contribution in [2.45, 2.75) is 61.4 Å². The third-order valence-corrected chi connectivity index (χ3v) is 18.6. The fourth-order valence-corrected chi connectivity index (χ4v) is 13.0. The maximum atomic E-state index is 14.1. The minimum Gasteiger partial charge on any atom is -0.455 e. The highest BCUT2D eigenvalue weighted by atomic mass is 35.5. The van der Waals surface area contributed by atoms with Crippen LogP contribution in [0.25, 0.3) is 16.6 Å². The number of nitrogens with zero attached hydrogens (tertiary/aromatic N) is 4. The predicted octanol–water partition coefficient (Wildman–Crippen LogP) is 8.88. The van der Waals surface area contributed by atoms with E-state index in [-0.39, 0.29) is 22.5 Å². The van der Waals surface area contributed by atoms with Crippen LogP contribution in [0.1, 0.15) is 56.0 Å². The first kappa shape index (κ1) is 50.6. The van der Waals surface area contributed by atoms with Gasteiger partial charge in [0.05, 0.1) is 41.3 Å². The fraction of sp³-hybridized carbons (Fsp3) is 0.417. The quantitative estimate of drug-likeness (QED) is 0.0779. The van der Waals surface area contributed by atoms with Gasteiger partial charge in [0.1, 0.15) is 29.5 Å². The van der Waals surface area contributed by atoms with E-state index in [0.29, 0.717) is 72.9 Å². The number of allylic oxidation sites excluding steroid dienone is 1. The minimum atomic E-state index is -6.09. The van der Waals surface area contributed by atoms with Gasteiger partial charge in [0.2, 0.25) is 0 Å². The molecule has 14 nitrogen and oxygen atoms in total. The minimum absolute atomic E-state index is 0.0185. The molecular weight excluding hydrogens is 974 g/mol. The van der Waals surface area contributed by atoms with Gasteiger partial charge in [-0.05, 0) is 97.3 Å². The second-order valence-electron chi connectivity index (χ2n) is 19.2. The first-order chi connectivity index (χ1) is 32.4. The number of aromatic nitrogens is 2. The van der Waals surface area contributed by atoms with Gasteiger partial charge in [-0.3, -0.25) is 19.5 Å². The molecule has 1 amide bonds. The van der Waals surface area contributed by atoms with Crippen molar-refractivity contribution in [2.75, 3.05) is 81.6 Å². The van der Waals surface area contributed by atoms with Crippen molar-refractivity contribution >= 4 is 72.8 Å². The summed E-state index contributed by atoms with van der Waals surface area (Å²) in [6, 6.07) is 17.9. The summed E-state index contributed by atoms with van der Waals surface area (Å²) in [6.45, 7) is 13.1. The Kier molecular flexibility index (Phi) is 14.5. The normalized spacial score (nSPS) is 18.8. The van der Waals surface area contributed by atoms with Crippen LogP contribution >= 0.6 is 19.1 Å². The molecule has 1 atom stereocenters. The third-order valence-electron chi connectivity index (χ3n) is 13.2. The van der Waals surface area contributed by atoms with Gasteiger partial charge in [0, 0.05) is 86.8 Å². The summed E-state index contributed by atoms with van der Waals surface area (Å²) in [7, 11) is -13.1. The van der Waals surface area contributed by atoms with Crippen LogP contribution in [0, 0.1) is 5.41 Å². The number of H-pyrrole nitrogens is 1. The number of carbonyl (C=O) groups is 1. The van der Waals surface area contributed by atoms with E-state index in [2.05, 4.69) is 51.1 Å². The highest BCUT2D eigenvalue weighted by Crippen LogP contribution is 2.51. The largest absolute Gasteiger partial charge is 0.501 e. The molecular formula is C48H57ClF3N7O7PS2+. The summed E-state index contributed by atoms with van der Waals surface area (Å²) in [6.07, 6.45) is 7.38. The lowest BCUT2D eigenvalue weighted by molar-refractivity contribution is -0.0435. The predicted molar refractivity (Wildman–Crippen MR) is 266 cm³/mol. The summed E-state index contributed by atoms with van der Waals surface area (Å²) in [5.41, 5.74) is -1.00. The van der Waals surface area contributed by atoms with Gasteiger partial charge in [0.25, 0.3) is 25.8 Å². The number of piperazine rings is 1. The Balaban J connectivity index is 1.03. The zero-order valence-electron chi connectivity index (χ0n) is 38.8. The Hall–Kier alpha value is -4.75. The van der Waals surface area contributed by atoms with Gasteiger partial charge in [-0.15, -0.1) is 0 Å². The molecule has 0 radical (unpaired) electrons. The Bertz CT molecular complexity index is 2970. The van der Waals surface area contributed by atoms with Crippen LogP contribution in [0.15, 0.2) is 101 Å². The van der Waals surface area contributed by atoms with Crippen LogP contribution in [0.3, 0.4) is 0 Å². The van der Waals surface area contributed by atoms with E-state index in [1.165, 1.54) is 29.0 Å². The highest BCUT2D eigenvalue weighted by molar-refractivity contribution is 7.92. The van der Waals surface area contributed by atoms with Gasteiger partial charge in [-0.1, -0.05) is 43.2 Å². The van der Waals surface area contributed by atoms with Crippen molar-refractivity contribution in [3.8, 4) is 11.5 Å². The molecule has 8 rings (SSSR count). The van der Waals surface area contributed by atoms with Gasteiger partial charge >= 0.3 is 5.51 Å². The number of carbonyl (C=O) groups excluding carboxylic acids is 1. The Labute approximate surface area is 406 Å². The van der Waals surface area contributed by atoms with Crippen molar-refractivity contribution in [3.05, 3.63) is 107 Å². The highest BCUT2D eigenvalue weighted by Gasteiger charge is 2.48. The number of sulfone groups is 1. The Morgan fingerprint density at radius 3 is 2.36 bits per heavy atom. The first-order valence-electron chi connectivity index (χ1n) is 22.7. The number of alkyl halides is 3. The number of sulfonamides is 1. The fourth-order valence-electron chi connectivity index (χ4n) is 9.17. The van der Waals surface area contributed by atoms with Gasteiger partial charge in [0.15, 0.2) is 0 Å². The SMILES string of the molecule is C[C@@H](CN1CC[P+](C)(O)CC1)Nc1ccc(S(=O)(=O)NC(=O)c2ccc(N3CCN(CC4=C(c5ccc(Cl)cc5)CC(C)(C)CC4)CC3)cc2Oc2cnc3[nH]ccc3c2)cc1S(=O)(=O)C(F)(F)F. The summed E-state index contributed by atoms with van der Waals surface area (Å²) in [5, 5.41) is 4.22. The second kappa shape index (κ2) is 19.8. The lowest BCUT2D eigenvalue weighted by Crippen LogP contribution is -2.47. The van der Waals surface area contributed by atoms with Crippen LogP contribution < -0.4 is 19.7 Å². The lowest BCUT2D eigenvalue weighted by Gasteiger charge is -2.39. The van der Waals surface area contributed by atoms with Crippen LogP contribution in [0.5, 0.6) is 11.5 Å². The number of fused-ring (bicyclic) bond motifs is 1. The van der Waals surface area contributed by atoms with Gasteiger partial charge in [-0.25, -0.2) is 26.5 Å². The molecule has 2 fully saturated rings. The molecule has 2 aromatic heterocycles. The number of ether oxygens (including phenoxy) is 1. The molecule has 3 aliphatic rings. The molecule has 370 valence electrons. The summed E-state index contributed by atoms with van der Waals surface area (Å²) < 4.78 is 104. The van der Waals surface area contributed by atoms with Gasteiger partial charge < -0.3 is 19.9 Å². The van der Waals surface area contributed by atoms with E-state index >= 15 is 0 Å². The standard InChI is InChI=1S/C48H56ClF3N7O7PS2/c1-32(30-58-21-23-67(4,61)24-22-58)55-42-12-10-39(27-44(42)68(62,63)48(50,51)52)69(64,65)56-46(60)40-11-9-37(26-43(40)66-38-25-34-14-16-53-45(34)54-29-38)59-19-17-57(18-20-59)31-35-13-15-47(2,3)28-41(35)33-5-7-36(49)8-6-33/h5-12,14,16,25-27,29,32,55,61H,13,15,17-24,28,30-31H2,1-4H3,(H-,53,54,56,60)/p+1/t32-/m0/s1. The molecule has 3 aromatic carbocycles. The van der Waals surface area contributed by atoms with Crippen molar-refractivity contribution < 1.29 is 44.4 Å². The summed E-state index contributed by atoms with van der Waals surface area (Å²) in [4.78, 5) is 36.2. The average molecular weight is 1030 g/mol. The monoisotopic (exact) mass is 1030 g/mol. The van der Waals surface area contributed by atoms with Crippen LogP contribution in [-0.2, 0) is 19.9 Å². The molecule has 5 aromatic rings. The number of benzene rings is 3. The maximum absolute atomic E-state index is 14.1. The smallest absolute Gasteiger partial charge is 0.455 e.